The second kappa shape index (κ2) is 6.69. The molecule has 2 N–H and O–H groups in total. The minimum absolute atomic E-state index is 0.163. The molecule has 0 aromatic heterocycles. The van der Waals surface area contributed by atoms with E-state index in [1.165, 1.54) is 47.0 Å². The van der Waals surface area contributed by atoms with Crippen LogP contribution in [0.5, 0.6) is 0 Å². The number of carbonyl (C=O) groups is 1. The Balaban J connectivity index is 1.49. The quantitative estimate of drug-likeness (QED) is 0.745. The topological polar surface area (TPSA) is 41.1 Å². The lowest BCUT2D eigenvalue weighted by atomic mass is 9.99. The lowest BCUT2D eigenvalue weighted by Crippen LogP contribution is -2.24. The number of carbonyl (C=O) groups excluding carboxylic acids is 1. The molecule has 0 saturated heterocycles. The van der Waals surface area contributed by atoms with E-state index in [1.807, 2.05) is 24.3 Å². The molecular formula is C19H19ClN2OS. The van der Waals surface area contributed by atoms with Gasteiger partial charge in [-0.3, -0.25) is 4.72 Å². The van der Waals surface area contributed by atoms with E-state index in [0.29, 0.717) is 5.02 Å². The van der Waals surface area contributed by atoms with Gasteiger partial charge in [0.1, 0.15) is 0 Å². The third-order valence-electron chi connectivity index (χ3n) is 4.79. The maximum atomic E-state index is 12.4. The van der Waals surface area contributed by atoms with Gasteiger partial charge in [-0.1, -0.05) is 17.7 Å². The molecule has 2 aromatic carbocycles. The molecule has 0 spiro atoms. The van der Waals surface area contributed by atoms with Crippen LogP contribution in [0.25, 0.3) is 0 Å². The van der Waals surface area contributed by atoms with E-state index in [4.69, 9.17) is 11.6 Å². The lowest BCUT2D eigenvalue weighted by Gasteiger charge is -2.16. The van der Waals surface area contributed by atoms with Gasteiger partial charge in [-0.2, -0.15) is 0 Å². The highest BCUT2D eigenvalue weighted by Gasteiger charge is 2.24. The van der Waals surface area contributed by atoms with E-state index >= 15 is 0 Å². The molecule has 0 heterocycles. The predicted molar refractivity (Wildman–Crippen MR) is 100.0 cm³/mol. The van der Waals surface area contributed by atoms with E-state index in [1.54, 1.807) is 0 Å². The number of hydrogen-bond donors (Lipinski definition) is 2. The van der Waals surface area contributed by atoms with Crippen LogP contribution < -0.4 is 10.0 Å². The van der Waals surface area contributed by atoms with Gasteiger partial charge < -0.3 is 5.32 Å². The van der Waals surface area contributed by atoms with E-state index in [0.717, 1.165) is 36.3 Å². The number of fused-ring (bicyclic) bond motifs is 2. The molecule has 0 radical (unpaired) electrons. The summed E-state index contributed by atoms with van der Waals surface area (Å²) >= 11 is 7.18. The fourth-order valence-corrected chi connectivity index (χ4v) is 4.37. The van der Waals surface area contributed by atoms with Crippen molar-refractivity contribution in [3.05, 3.63) is 57.6 Å². The van der Waals surface area contributed by atoms with Crippen molar-refractivity contribution >= 4 is 35.3 Å². The van der Waals surface area contributed by atoms with E-state index in [-0.39, 0.29) is 6.03 Å². The average molecular weight is 359 g/mol. The number of nitrogens with one attached hydrogen (secondary N) is 2. The average Bonchev–Trinajstić information content (AvgIpc) is 3.23. The van der Waals surface area contributed by atoms with Crippen molar-refractivity contribution in [3.8, 4) is 0 Å². The van der Waals surface area contributed by atoms with Crippen molar-refractivity contribution in [2.75, 3.05) is 5.32 Å². The van der Waals surface area contributed by atoms with Crippen LogP contribution in [-0.4, -0.2) is 6.03 Å². The van der Waals surface area contributed by atoms with Crippen LogP contribution in [0.15, 0.2) is 35.2 Å². The Morgan fingerprint density at radius 1 is 0.958 bits per heavy atom. The zero-order valence-corrected chi connectivity index (χ0v) is 14.9. The molecule has 24 heavy (non-hydrogen) atoms. The number of halogens is 1. The fraction of sp³-hybridized carbons (Fsp3) is 0.316. The third-order valence-corrected chi connectivity index (χ3v) is 5.83. The Hall–Kier alpha value is -1.65. The molecule has 0 bridgehead atoms. The van der Waals surface area contributed by atoms with Gasteiger partial charge in [0.25, 0.3) is 0 Å². The maximum absolute atomic E-state index is 12.4. The highest BCUT2D eigenvalue weighted by Crippen LogP contribution is 2.38. The summed E-state index contributed by atoms with van der Waals surface area (Å²) in [7, 11) is 0. The first-order chi connectivity index (χ1) is 11.7. The Morgan fingerprint density at radius 2 is 1.58 bits per heavy atom. The molecule has 2 aliphatic carbocycles. The van der Waals surface area contributed by atoms with Gasteiger partial charge in [0.15, 0.2) is 0 Å². The minimum atomic E-state index is -0.163. The summed E-state index contributed by atoms with van der Waals surface area (Å²) < 4.78 is 2.87. The number of benzene rings is 2. The summed E-state index contributed by atoms with van der Waals surface area (Å²) in [4.78, 5) is 13.3. The largest absolute Gasteiger partial charge is 0.329 e. The predicted octanol–water partition coefficient (Wildman–Crippen LogP) is 5.15. The van der Waals surface area contributed by atoms with E-state index in [2.05, 4.69) is 16.1 Å². The third kappa shape index (κ3) is 3.13. The lowest BCUT2D eigenvalue weighted by molar-refractivity contribution is 0.257. The first kappa shape index (κ1) is 15.9. The number of aryl methyl sites for hydroxylation is 2. The zero-order valence-electron chi connectivity index (χ0n) is 13.3. The Morgan fingerprint density at radius 3 is 2.21 bits per heavy atom. The van der Waals surface area contributed by atoms with Crippen LogP contribution in [0, 0.1) is 0 Å². The molecule has 0 saturated carbocycles. The van der Waals surface area contributed by atoms with Crippen LogP contribution in [0.2, 0.25) is 5.02 Å². The Bertz CT molecular complexity index is 757. The highest BCUT2D eigenvalue weighted by molar-refractivity contribution is 7.98. The molecule has 0 fully saturated rings. The zero-order chi connectivity index (χ0) is 16.5. The normalized spacial score (nSPS) is 15.0. The first-order valence-electron chi connectivity index (χ1n) is 8.36. The first-order valence-corrected chi connectivity index (χ1v) is 9.56. The van der Waals surface area contributed by atoms with Gasteiger partial charge in [-0.15, -0.1) is 0 Å². The van der Waals surface area contributed by atoms with Crippen LogP contribution in [0.1, 0.15) is 35.1 Å². The Labute approximate surface area is 151 Å². The number of urea groups is 1. The molecule has 0 unspecified atom stereocenters. The fourth-order valence-electron chi connectivity index (χ4n) is 3.71. The molecular weight excluding hydrogens is 340 g/mol. The van der Waals surface area contributed by atoms with Crippen LogP contribution >= 0.6 is 23.5 Å². The number of anilines is 1. The molecule has 2 aromatic rings. The summed E-state index contributed by atoms with van der Waals surface area (Å²) in [5.74, 6) is 0. The van der Waals surface area contributed by atoms with Gasteiger partial charge in [-0.25, -0.2) is 4.79 Å². The van der Waals surface area contributed by atoms with Crippen molar-refractivity contribution in [2.45, 2.75) is 43.4 Å². The second-order valence-electron chi connectivity index (χ2n) is 6.35. The van der Waals surface area contributed by atoms with Gasteiger partial charge >= 0.3 is 6.03 Å². The monoisotopic (exact) mass is 358 g/mol. The van der Waals surface area contributed by atoms with Crippen LogP contribution in [-0.2, 0) is 25.7 Å². The summed E-state index contributed by atoms with van der Waals surface area (Å²) in [5.41, 5.74) is 6.63. The summed E-state index contributed by atoms with van der Waals surface area (Å²) in [5, 5.41) is 3.82. The molecule has 4 rings (SSSR count). The number of rotatable bonds is 3. The van der Waals surface area contributed by atoms with Crippen LogP contribution in [0.3, 0.4) is 0 Å². The molecule has 0 atom stereocenters. The molecule has 2 aliphatic rings. The van der Waals surface area contributed by atoms with Crippen molar-refractivity contribution in [2.24, 2.45) is 0 Å². The van der Waals surface area contributed by atoms with Gasteiger partial charge in [0, 0.05) is 15.6 Å². The summed E-state index contributed by atoms with van der Waals surface area (Å²) in [6.45, 7) is 0. The Kier molecular flexibility index (Phi) is 4.42. The highest BCUT2D eigenvalue weighted by atomic mass is 35.5. The SMILES string of the molecule is O=C(NSc1ccc(Cl)cc1)Nc1c2c(cc3c1CCC3)CCC2. The number of hydrogen-bond acceptors (Lipinski definition) is 2. The van der Waals surface area contributed by atoms with Crippen LogP contribution in [0.4, 0.5) is 10.5 Å². The van der Waals surface area contributed by atoms with E-state index < -0.39 is 0 Å². The van der Waals surface area contributed by atoms with Gasteiger partial charge in [0.05, 0.1) is 0 Å². The van der Waals surface area contributed by atoms with Gasteiger partial charge in [0.2, 0.25) is 0 Å². The minimum Gasteiger partial charge on any atom is -0.307 e. The standard InChI is InChI=1S/C19H19ClN2OS/c20-14-7-9-15(10-8-14)24-22-19(23)21-18-16-5-1-3-12(16)11-13-4-2-6-17(13)18/h7-11H,1-6H2,(H2,21,22,23). The molecule has 124 valence electrons. The smallest absolute Gasteiger partial charge is 0.307 e. The van der Waals surface area contributed by atoms with Gasteiger partial charge in [-0.05, 0) is 97.0 Å². The van der Waals surface area contributed by atoms with Crippen molar-refractivity contribution in [3.63, 3.8) is 0 Å². The van der Waals surface area contributed by atoms with E-state index in [9.17, 15) is 4.79 Å². The second-order valence-corrected chi connectivity index (χ2v) is 7.66. The van der Waals surface area contributed by atoms with Crippen molar-refractivity contribution in [1.29, 1.82) is 0 Å². The molecule has 5 heteroatoms. The number of amides is 2. The summed E-state index contributed by atoms with van der Waals surface area (Å²) in [6, 6.07) is 9.64. The van der Waals surface area contributed by atoms with Crippen molar-refractivity contribution < 1.29 is 4.79 Å². The van der Waals surface area contributed by atoms with Crippen molar-refractivity contribution in [1.82, 2.24) is 4.72 Å². The maximum Gasteiger partial charge on any atom is 0.329 e. The molecule has 0 aliphatic heterocycles. The molecule has 2 amide bonds. The summed E-state index contributed by atoms with van der Waals surface area (Å²) in [6.07, 6.45) is 6.80. The molecule has 3 nitrogen and oxygen atoms in total.